The highest BCUT2D eigenvalue weighted by atomic mass is 16.5. The summed E-state index contributed by atoms with van der Waals surface area (Å²) < 4.78 is 10.2. The molecule has 0 aliphatic heterocycles. The van der Waals surface area contributed by atoms with E-state index in [4.69, 9.17) is 9.26 Å². The monoisotopic (exact) mass is 358 g/mol. The van der Waals surface area contributed by atoms with Crippen LogP contribution in [0.2, 0.25) is 0 Å². The Kier molecular flexibility index (Phi) is 6.27. The van der Waals surface area contributed by atoms with Crippen LogP contribution in [0.5, 0.6) is 0 Å². The summed E-state index contributed by atoms with van der Waals surface area (Å²) in [7, 11) is 0. The van der Waals surface area contributed by atoms with Crippen molar-refractivity contribution in [2.45, 2.75) is 46.6 Å². The quantitative estimate of drug-likeness (QED) is 0.603. The summed E-state index contributed by atoms with van der Waals surface area (Å²) >= 11 is 0. The first-order chi connectivity index (χ1) is 12.3. The number of nitrogens with zero attached hydrogens (tertiary/aromatic N) is 1. The minimum atomic E-state index is -0.979. The van der Waals surface area contributed by atoms with Crippen LogP contribution in [0.15, 0.2) is 28.8 Å². The topological polar surface area (TPSA) is 98.5 Å². The standard InChI is InChI=1S/C19H22N2O5/c1-11-15(13(3)26-21-11)9-10-18(23)25-14(4)19(24)20-17-8-6-5-7-16(17)12(2)22/h5-8,14H,9-10H2,1-4H3,(H,20,24)/t14-/m0/s1. The van der Waals surface area contributed by atoms with Crippen LogP contribution in [0.25, 0.3) is 0 Å². The lowest BCUT2D eigenvalue weighted by Gasteiger charge is -2.15. The second kappa shape index (κ2) is 8.42. The van der Waals surface area contributed by atoms with Crippen molar-refractivity contribution in [1.82, 2.24) is 5.16 Å². The molecule has 26 heavy (non-hydrogen) atoms. The van der Waals surface area contributed by atoms with E-state index in [9.17, 15) is 14.4 Å². The minimum Gasteiger partial charge on any atom is -0.453 e. The van der Waals surface area contributed by atoms with Gasteiger partial charge < -0.3 is 14.6 Å². The number of aryl methyl sites for hydroxylation is 2. The van der Waals surface area contributed by atoms with Crippen LogP contribution in [0, 0.1) is 13.8 Å². The van der Waals surface area contributed by atoms with Crippen LogP contribution in [0.4, 0.5) is 5.69 Å². The third kappa shape index (κ3) is 4.78. The Labute approximate surface area is 151 Å². The summed E-state index contributed by atoms with van der Waals surface area (Å²) in [5.41, 5.74) is 2.40. The van der Waals surface area contributed by atoms with Crippen LogP contribution >= 0.6 is 0 Å². The maximum atomic E-state index is 12.2. The smallest absolute Gasteiger partial charge is 0.306 e. The minimum absolute atomic E-state index is 0.116. The number of Topliss-reactive ketones (excluding diaryl/α,β-unsaturated/α-hetero) is 1. The molecule has 0 radical (unpaired) electrons. The van der Waals surface area contributed by atoms with Crippen molar-refractivity contribution >= 4 is 23.3 Å². The van der Waals surface area contributed by atoms with Gasteiger partial charge in [-0.3, -0.25) is 14.4 Å². The molecule has 0 saturated carbocycles. The molecule has 0 saturated heterocycles. The van der Waals surface area contributed by atoms with Gasteiger partial charge in [0.15, 0.2) is 11.9 Å². The number of ether oxygens (including phenoxy) is 1. The number of carbonyl (C=O) groups excluding carboxylic acids is 3. The van der Waals surface area contributed by atoms with Gasteiger partial charge in [-0.05, 0) is 46.2 Å². The zero-order chi connectivity index (χ0) is 19.3. The lowest BCUT2D eigenvalue weighted by Crippen LogP contribution is -2.30. The molecule has 1 amide bonds. The Bertz CT molecular complexity index is 806. The molecular weight excluding hydrogens is 336 g/mol. The number of benzene rings is 1. The summed E-state index contributed by atoms with van der Waals surface area (Å²) in [4.78, 5) is 35.8. The van der Waals surface area contributed by atoms with E-state index in [1.807, 2.05) is 0 Å². The Balaban J connectivity index is 1.90. The molecule has 0 spiro atoms. The van der Waals surface area contributed by atoms with Gasteiger partial charge in [0.2, 0.25) is 0 Å². The molecule has 0 unspecified atom stereocenters. The summed E-state index contributed by atoms with van der Waals surface area (Å²) in [6.07, 6.45) is -0.432. The van der Waals surface area contributed by atoms with Gasteiger partial charge in [-0.15, -0.1) is 0 Å². The van der Waals surface area contributed by atoms with Crippen molar-refractivity contribution in [3.05, 3.63) is 46.8 Å². The van der Waals surface area contributed by atoms with Crippen molar-refractivity contribution in [3.8, 4) is 0 Å². The molecule has 0 bridgehead atoms. The summed E-state index contributed by atoms with van der Waals surface area (Å²) in [5, 5.41) is 6.46. The van der Waals surface area contributed by atoms with Gasteiger partial charge in [-0.1, -0.05) is 17.3 Å². The second-order valence-electron chi connectivity index (χ2n) is 6.03. The molecule has 1 N–H and O–H groups in total. The number of aromatic nitrogens is 1. The lowest BCUT2D eigenvalue weighted by molar-refractivity contribution is -0.153. The predicted molar refractivity (Wildman–Crippen MR) is 94.9 cm³/mol. The second-order valence-corrected chi connectivity index (χ2v) is 6.03. The molecule has 2 aromatic rings. The maximum Gasteiger partial charge on any atom is 0.306 e. The zero-order valence-corrected chi connectivity index (χ0v) is 15.3. The number of esters is 1. The van der Waals surface area contributed by atoms with Gasteiger partial charge in [0.05, 0.1) is 11.4 Å². The van der Waals surface area contributed by atoms with Crippen LogP contribution in [0.3, 0.4) is 0 Å². The molecule has 1 aromatic heterocycles. The van der Waals surface area contributed by atoms with E-state index in [0.717, 1.165) is 11.3 Å². The Morgan fingerprint density at radius 3 is 2.54 bits per heavy atom. The van der Waals surface area contributed by atoms with Gasteiger partial charge in [0.1, 0.15) is 5.76 Å². The highest BCUT2D eigenvalue weighted by Gasteiger charge is 2.20. The van der Waals surface area contributed by atoms with Gasteiger partial charge in [0.25, 0.3) is 5.91 Å². The van der Waals surface area contributed by atoms with E-state index in [0.29, 0.717) is 23.4 Å². The van der Waals surface area contributed by atoms with Crippen molar-refractivity contribution in [3.63, 3.8) is 0 Å². The normalized spacial score (nSPS) is 11.7. The van der Waals surface area contributed by atoms with E-state index < -0.39 is 18.0 Å². The number of para-hydroxylation sites is 1. The molecular formula is C19H22N2O5. The van der Waals surface area contributed by atoms with Crippen molar-refractivity contribution in [1.29, 1.82) is 0 Å². The molecule has 138 valence electrons. The molecule has 7 heteroatoms. The molecule has 0 fully saturated rings. The molecule has 0 aliphatic rings. The van der Waals surface area contributed by atoms with E-state index in [1.54, 1.807) is 38.1 Å². The van der Waals surface area contributed by atoms with Crippen LogP contribution in [0.1, 0.15) is 47.6 Å². The van der Waals surface area contributed by atoms with Gasteiger partial charge in [-0.25, -0.2) is 0 Å². The fourth-order valence-corrected chi connectivity index (χ4v) is 2.53. The van der Waals surface area contributed by atoms with Gasteiger partial charge in [0, 0.05) is 17.5 Å². The number of nitrogens with one attached hydrogen (secondary N) is 1. The zero-order valence-electron chi connectivity index (χ0n) is 15.3. The third-order valence-electron chi connectivity index (χ3n) is 4.00. The number of anilines is 1. The average Bonchev–Trinajstić information content (AvgIpc) is 2.91. The highest BCUT2D eigenvalue weighted by Crippen LogP contribution is 2.17. The third-order valence-corrected chi connectivity index (χ3v) is 4.00. The van der Waals surface area contributed by atoms with Crippen LogP contribution < -0.4 is 5.32 Å². The lowest BCUT2D eigenvalue weighted by atomic mass is 10.1. The Hall–Kier alpha value is -2.96. The van der Waals surface area contributed by atoms with E-state index >= 15 is 0 Å². The Morgan fingerprint density at radius 1 is 1.23 bits per heavy atom. The summed E-state index contributed by atoms with van der Waals surface area (Å²) in [5.74, 6) is -0.483. The fourth-order valence-electron chi connectivity index (χ4n) is 2.53. The van der Waals surface area contributed by atoms with Crippen LogP contribution in [-0.2, 0) is 20.7 Å². The van der Waals surface area contributed by atoms with Crippen molar-refractivity contribution in [2.24, 2.45) is 0 Å². The predicted octanol–water partition coefficient (Wildman–Crippen LogP) is 3.00. The van der Waals surface area contributed by atoms with Gasteiger partial charge in [-0.2, -0.15) is 0 Å². The highest BCUT2D eigenvalue weighted by molar-refractivity contribution is 6.04. The Morgan fingerprint density at radius 2 is 1.92 bits per heavy atom. The first-order valence-electron chi connectivity index (χ1n) is 8.31. The number of ketones is 1. The number of hydrogen-bond donors (Lipinski definition) is 1. The van der Waals surface area contributed by atoms with Crippen molar-refractivity contribution < 1.29 is 23.6 Å². The molecule has 7 nitrogen and oxygen atoms in total. The first kappa shape index (κ1) is 19.4. The molecule has 1 heterocycles. The number of hydrogen-bond acceptors (Lipinski definition) is 6. The largest absolute Gasteiger partial charge is 0.453 e. The summed E-state index contributed by atoms with van der Waals surface area (Å²) in [6.45, 7) is 6.49. The molecule has 1 aromatic carbocycles. The number of amides is 1. The van der Waals surface area contributed by atoms with Crippen LogP contribution in [-0.4, -0.2) is 28.9 Å². The maximum absolute atomic E-state index is 12.2. The summed E-state index contributed by atoms with van der Waals surface area (Å²) in [6, 6.07) is 6.67. The molecule has 1 atom stereocenters. The average molecular weight is 358 g/mol. The van der Waals surface area contributed by atoms with E-state index in [2.05, 4.69) is 10.5 Å². The van der Waals surface area contributed by atoms with Gasteiger partial charge >= 0.3 is 5.97 Å². The SMILES string of the molecule is CC(=O)c1ccccc1NC(=O)[C@H](C)OC(=O)CCc1c(C)noc1C. The molecule has 2 rings (SSSR count). The number of rotatable bonds is 7. The van der Waals surface area contributed by atoms with Crippen molar-refractivity contribution in [2.75, 3.05) is 5.32 Å². The van der Waals surface area contributed by atoms with E-state index in [-0.39, 0.29) is 12.2 Å². The molecule has 0 aliphatic carbocycles. The first-order valence-corrected chi connectivity index (χ1v) is 8.31. The fraction of sp³-hybridized carbons (Fsp3) is 0.368. The van der Waals surface area contributed by atoms with E-state index in [1.165, 1.54) is 13.8 Å². The number of carbonyl (C=O) groups is 3.